The van der Waals surface area contributed by atoms with E-state index in [0.717, 1.165) is 61.9 Å². The van der Waals surface area contributed by atoms with E-state index in [-0.39, 0.29) is 5.60 Å². The highest BCUT2D eigenvalue weighted by atomic mass is 16.7. The van der Waals surface area contributed by atoms with Crippen LogP contribution in [-0.4, -0.2) is 70.1 Å². The standard InChI is InChI=1S/C30H38N4O4/c1-4-37-25-13-21(12-24(22-5-6-22)27(25)23-11-20(2)15-31-16-23)17-33-18-30(19-33)14-26(32-38-30)34-9-7-29(3,8-10-34)28(35)36/h11-13,15-16,22H,4-10,14,17-19H2,1-3H3,(H,35,36). The van der Waals surface area contributed by atoms with Crippen LogP contribution in [0, 0.1) is 12.3 Å². The molecule has 1 aliphatic carbocycles. The molecule has 2 aromatic rings. The van der Waals surface area contributed by atoms with Crippen molar-refractivity contribution >= 4 is 11.8 Å². The summed E-state index contributed by atoms with van der Waals surface area (Å²) in [7, 11) is 0. The summed E-state index contributed by atoms with van der Waals surface area (Å²) in [5.41, 5.74) is 5.26. The molecule has 202 valence electrons. The van der Waals surface area contributed by atoms with Crippen LogP contribution in [0.1, 0.15) is 68.6 Å². The summed E-state index contributed by atoms with van der Waals surface area (Å²) in [6.45, 7) is 10.6. The molecule has 3 aliphatic heterocycles. The number of aryl methyl sites for hydroxylation is 1. The number of benzene rings is 1. The molecule has 0 amide bonds. The van der Waals surface area contributed by atoms with Crippen LogP contribution in [0.4, 0.5) is 0 Å². The molecule has 8 heteroatoms. The predicted molar refractivity (Wildman–Crippen MR) is 145 cm³/mol. The average Bonchev–Trinajstić information content (AvgIpc) is 3.63. The number of hydrogen-bond acceptors (Lipinski definition) is 7. The number of hydrogen-bond donors (Lipinski definition) is 1. The molecule has 1 saturated carbocycles. The summed E-state index contributed by atoms with van der Waals surface area (Å²) in [5.74, 6) is 1.82. The number of rotatable bonds is 7. The predicted octanol–water partition coefficient (Wildman–Crippen LogP) is 4.81. The zero-order valence-electron chi connectivity index (χ0n) is 22.7. The van der Waals surface area contributed by atoms with Crippen molar-refractivity contribution in [3.8, 4) is 16.9 Å². The van der Waals surface area contributed by atoms with Gasteiger partial charge in [0.15, 0.2) is 5.60 Å². The Hall–Kier alpha value is -3.13. The van der Waals surface area contributed by atoms with E-state index in [1.54, 1.807) is 0 Å². The molecule has 38 heavy (non-hydrogen) atoms. The number of aromatic nitrogens is 1. The molecule has 4 heterocycles. The number of carbonyl (C=O) groups is 1. The number of pyridine rings is 1. The molecule has 1 aromatic carbocycles. The van der Waals surface area contributed by atoms with Crippen molar-refractivity contribution in [2.75, 3.05) is 32.8 Å². The van der Waals surface area contributed by atoms with E-state index in [4.69, 9.17) is 9.57 Å². The summed E-state index contributed by atoms with van der Waals surface area (Å²) in [5, 5.41) is 14.0. The monoisotopic (exact) mass is 518 g/mol. The second-order valence-electron chi connectivity index (χ2n) is 12.0. The van der Waals surface area contributed by atoms with Crippen LogP contribution in [0.2, 0.25) is 0 Å². The van der Waals surface area contributed by atoms with Crippen LogP contribution >= 0.6 is 0 Å². The number of carboxylic acids is 1. The van der Waals surface area contributed by atoms with Gasteiger partial charge in [0.05, 0.1) is 18.4 Å². The van der Waals surface area contributed by atoms with E-state index in [1.807, 2.05) is 26.2 Å². The second-order valence-corrected chi connectivity index (χ2v) is 12.0. The highest BCUT2D eigenvalue weighted by molar-refractivity contribution is 5.85. The van der Waals surface area contributed by atoms with Crippen molar-refractivity contribution in [2.24, 2.45) is 10.6 Å². The minimum Gasteiger partial charge on any atom is -0.493 e. The van der Waals surface area contributed by atoms with Crippen molar-refractivity contribution in [3.63, 3.8) is 0 Å². The molecule has 0 unspecified atom stereocenters. The summed E-state index contributed by atoms with van der Waals surface area (Å²) in [4.78, 5) is 26.7. The molecule has 3 fully saturated rings. The third-order valence-corrected chi connectivity index (χ3v) is 8.68. The molecular formula is C30H38N4O4. The number of nitrogens with zero attached hydrogens (tertiary/aromatic N) is 4. The maximum Gasteiger partial charge on any atom is 0.309 e. The summed E-state index contributed by atoms with van der Waals surface area (Å²) < 4.78 is 6.20. The highest BCUT2D eigenvalue weighted by Gasteiger charge is 2.51. The Balaban J connectivity index is 1.12. The van der Waals surface area contributed by atoms with Crippen molar-refractivity contribution < 1.29 is 19.5 Å². The molecule has 0 bridgehead atoms. The molecule has 1 spiro atoms. The van der Waals surface area contributed by atoms with Gasteiger partial charge in [0.1, 0.15) is 11.6 Å². The smallest absolute Gasteiger partial charge is 0.309 e. The topological polar surface area (TPSA) is 87.5 Å². The molecule has 2 saturated heterocycles. The van der Waals surface area contributed by atoms with E-state index in [9.17, 15) is 9.90 Å². The number of aliphatic carboxylic acids is 1. The SMILES string of the molecule is CCOc1cc(CN2CC3(CC(N4CCC(C)(C(=O)O)CC4)=NO3)C2)cc(C2CC2)c1-c1cncc(C)c1. The fourth-order valence-corrected chi connectivity index (χ4v) is 6.23. The fraction of sp³-hybridized carbons (Fsp3) is 0.567. The summed E-state index contributed by atoms with van der Waals surface area (Å²) in [6, 6.07) is 6.80. The van der Waals surface area contributed by atoms with Gasteiger partial charge in [-0.1, -0.05) is 11.2 Å². The Morgan fingerprint density at radius 2 is 1.95 bits per heavy atom. The van der Waals surface area contributed by atoms with E-state index in [1.165, 1.54) is 29.5 Å². The van der Waals surface area contributed by atoms with Gasteiger partial charge < -0.3 is 19.6 Å². The van der Waals surface area contributed by atoms with Gasteiger partial charge in [0, 0.05) is 56.2 Å². The van der Waals surface area contributed by atoms with Gasteiger partial charge in [-0.05, 0) is 81.2 Å². The Morgan fingerprint density at radius 1 is 1.18 bits per heavy atom. The van der Waals surface area contributed by atoms with Gasteiger partial charge >= 0.3 is 5.97 Å². The van der Waals surface area contributed by atoms with Crippen molar-refractivity contribution in [2.45, 2.75) is 70.9 Å². The first-order chi connectivity index (χ1) is 18.3. The maximum atomic E-state index is 11.6. The lowest BCUT2D eigenvalue weighted by Gasteiger charge is -2.45. The summed E-state index contributed by atoms with van der Waals surface area (Å²) >= 11 is 0. The third kappa shape index (κ3) is 4.75. The van der Waals surface area contributed by atoms with Crippen LogP contribution in [0.5, 0.6) is 5.75 Å². The minimum absolute atomic E-state index is 0.252. The molecule has 1 N–H and O–H groups in total. The average molecular weight is 519 g/mol. The molecule has 1 aromatic heterocycles. The Bertz CT molecular complexity index is 1260. The van der Waals surface area contributed by atoms with Crippen LogP contribution in [0.15, 0.2) is 35.7 Å². The highest BCUT2D eigenvalue weighted by Crippen LogP contribution is 2.48. The van der Waals surface area contributed by atoms with Crippen molar-refractivity contribution in [3.05, 3.63) is 47.3 Å². The Kier molecular flexibility index (Phi) is 6.33. The first-order valence-electron chi connectivity index (χ1n) is 13.9. The Morgan fingerprint density at radius 3 is 2.61 bits per heavy atom. The molecule has 4 aliphatic rings. The van der Waals surface area contributed by atoms with E-state index in [0.29, 0.717) is 25.4 Å². The Labute approximate surface area is 224 Å². The molecule has 0 radical (unpaired) electrons. The largest absolute Gasteiger partial charge is 0.493 e. The fourth-order valence-electron chi connectivity index (χ4n) is 6.23. The first-order valence-corrected chi connectivity index (χ1v) is 13.9. The van der Waals surface area contributed by atoms with Gasteiger partial charge in [-0.25, -0.2) is 0 Å². The summed E-state index contributed by atoms with van der Waals surface area (Å²) in [6.07, 6.45) is 8.38. The van der Waals surface area contributed by atoms with Crippen molar-refractivity contribution in [1.29, 1.82) is 0 Å². The van der Waals surface area contributed by atoms with Crippen LogP contribution in [0.25, 0.3) is 11.1 Å². The minimum atomic E-state index is -0.700. The number of ether oxygens (including phenoxy) is 1. The van der Waals surface area contributed by atoms with E-state index in [2.05, 4.69) is 45.1 Å². The van der Waals surface area contributed by atoms with E-state index < -0.39 is 11.4 Å². The van der Waals surface area contributed by atoms with Crippen LogP contribution in [0.3, 0.4) is 0 Å². The maximum absolute atomic E-state index is 11.6. The number of oxime groups is 1. The molecule has 6 rings (SSSR count). The number of amidine groups is 1. The van der Waals surface area contributed by atoms with E-state index >= 15 is 0 Å². The van der Waals surface area contributed by atoms with Crippen LogP contribution in [-0.2, 0) is 16.2 Å². The number of likely N-dealkylation sites (tertiary alicyclic amines) is 2. The number of piperidine rings is 1. The lowest BCUT2D eigenvalue weighted by Crippen LogP contribution is -2.61. The third-order valence-electron chi connectivity index (χ3n) is 8.68. The van der Waals surface area contributed by atoms with Gasteiger partial charge in [0.2, 0.25) is 0 Å². The second kappa shape index (κ2) is 9.56. The first kappa shape index (κ1) is 25.2. The molecular weight excluding hydrogens is 480 g/mol. The quantitative estimate of drug-likeness (QED) is 0.563. The molecule has 8 nitrogen and oxygen atoms in total. The lowest BCUT2D eigenvalue weighted by molar-refractivity contribution is -0.150. The van der Waals surface area contributed by atoms with Gasteiger partial charge in [-0.15, -0.1) is 0 Å². The van der Waals surface area contributed by atoms with Crippen LogP contribution < -0.4 is 4.74 Å². The normalized spacial score (nSPS) is 22.1. The molecule has 0 atom stereocenters. The zero-order chi connectivity index (χ0) is 26.5. The number of carboxylic acid groups (broad SMARTS) is 1. The van der Waals surface area contributed by atoms with Crippen molar-refractivity contribution in [1.82, 2.24) is 14.8 Å². The van der Waals surface area contributed by atoms with Gasteiger partial charge in [0.25, 0.3) is 0 Å². The zero-order valence-corrected chi connectivity index (χ0v) is 22.7. The lowest BCUT2D eigenvalue weighted by atomic mass is 9.80. The van der Waals surface area contributed by atoms with Gasteiger partial charge in [-0.2, -0.15) is 0 Å². The van der Waals surface area contributed by atoms with Gasteiger partial charge in [-0.3, -0.25) is 14.7 Å².